The second-order valence-corrected chi connectivity index (χ2v) is 6.41. The first-order valence-corrected chi connectivity index (χ1v) is 8.23. The lowest BCUT2D eigenvalue weighted by atomic mass is 9.81. The zero-order valence-corrected chi connectivity index (χ0v) is 13.1. The molecule has 0 radical (unpaired) electrons. The van der Waals surface area contributed by atoms with Crippen LogP contribution in [-0.4, -0.2) is 39.1 Å². The van der Waals surface area contributed by atoms with E-state index < -0.39 is 5.91 Å². The van der Waals surface area contributed by atoms with Gasteiger partial charge in [-0.15, -0.1) is 0 Å². The number of benzene rings is 1. The summed E-state index contributed by atoms with van der Waals surface area (Å²) in [6.45, 7) is -0.248. The van der Waals surface area contributed by atoms with Crippen molar-refractivity contribution in [2.45, 2.75) is 25.7 Å². The first kappa shape index (κ1) is 14.9. The van der Waals surface area contributed by atoms with Crippen LogP contribution in [0.25, 0.3) is 11.0 Å². The van der Waals surface area contributed by atoms with Gasteiger partial charge in [-0.1, -0.05) is 25.0 Å². The third-order valence-electron chi connectivity index (χ3n) is 4.88. The molecule has 1 aliphatic heterocycles. The van der Waals surface area contributed by atoms with Gasteiger partial charge in [-0.3, -0.25) is 24.6 Å². The Kier molecular flexibility index (Phi) is 3.55. The second kappa shape index (κ2) is 5.74. The Morgan fingerprint density at radius 2 is 1.83 bits per heavy atom. The van der Waals surface area contributed by atoms with E-state index in [1.54, 1.807) is 0 Å². The van der Waals surface area contributed by atoms with Crippen molar-refractivity contribution >= 4 is 34.7 Å². The van der Waals surface area contributed by atoms with Crippen molar-refractivity contribution in [3.63, 3.8) is 0 Å². The highest BCUT2D eigenvalue weighted by Crippen LogP contribution is 2.37. The number of aromatic amines is 1. The molecule has 2 N–H and O–H groups in total. The molecule has 2 aliphatic rings. The molecule has 124 valence electrons. The standard InChI is InChI=1S/C17H18N4O3/c22-14(20-17-18-12-7-3-4-8-13(12)19-17)9-21-15(23)10-5-1-2-6-11(10)16(21)24/h3-4,7-8,10-11H,1-2,5-6,9H2,(H2,18,19,20,22). The van der Waals surface area contributed by atoms with Crippen LogP contribution < -0.4 is 5.32 Å². The van der Waals surface area contributed by atoms with Gasteiger partial charge in [0.15, 0.2) is 0 Å². The number of para-hydroxylation sites is 2. The molecule has 1 aliphatic carbocycles. The normalized spacial score (nSPS) is 23.6. The zero-order chi connectivity index (χ0) is 16.7. The molecule has 7 nitrogen and oxygen atoms in total. The highest BCUT2D eigenvalue weighted by atomic mass is 16.2. The van der Waals surface area contributed by atoms with Crippen LogP contribution in [0.4, 0.5) is 5.95 Å². The predicted octanol–water partition coefficient (Wildman–Crippen LogP) is 1.68. The number of carbonyl (C=O) groups is 3. The number of fused-ring (bicyclic) bond motifs is 2. The molecule has 3 amide bonds. The fraction of sp³-hybridized carbons (Fsp3) is 0.412. The summed E-state index contributed by atoms with van der Waals surface area (Å²) in [6.07, 6.45) is 3.44. The van der Waals surface area contributed by atoms with Crippen LogP contribution in [0.2, 0.25) is 0 Å². The Hall–Kier alpha value is -2.70. The molecule has 4 rings (SSSR count). The molecule has 0 bridgehead atoms. The van der Waals surface area contributed by atoms with Crippen molar-refractivity contribution in [3.05, 3.63) is 24.3 Å². The molecule has 2 atom stereocenters. The van der Waals surface area contributed by atoms with Crippen molar-refractivity contribution in [3.8, 4) is 0 Å². The summed E-state index contributed by atoms with van der Waals surface area (Å²) in [4.78, 5) is 45.3. The Morgan fingerprint density at radius 3 is 2.50 bits per heavy atom. The Morgan fingerprint density at radius 1 is 1.17 bits per heavy atom. The second-order valence-electron chi connectivity index (χ2n) is 6.41. The summed E-state index contributed by atoms with van der Waals surface area (Å²) in [6, 6.07) is 7.42. The van der Waals surface area contributed by atoms with Gasteiger partial charge >= 0.3 is 0 Å². The largest absolute Gasteiger partial charge is 0.324 e. The molecule has 2 unspecified atom stereocenters. The van der Waals surface area contributed by atoms with Gasteiger partial charge in [0.2, 0.25) is 23.7 Å². The van der Waals surface area contributed by atoms with Crippen molar-refractivity contribution in [1.29, 1.82) is 0 Å². The van der Waals surface area contributed by atoms with Crippen molar-refractivity contribution in [1.82, 2.24) is 14.9 Å². The number of hydrogen-bond donors (Lipinski definition) is 2. The van der Waals surface area contributed by atoms with Crippen LogP contribution in [0.5, 0.6) is 0 Å². The van der Waals surface area contributed by atoms with Gasteiger partial charge in [0.1, 0.15) is 6.54 Å². The monoisotopic (exact) mass is 326 g/mol. The van der Waals surface area contributed by atoms with Crippen LogP contribution in [-0.2, 0) is 14.4 Å². The molecule has 2 fully saturated rings. The van der Waals surface area contributed by atoms with E-state index in [1.165, 1.54) is 0 Å². The van der Waals surface area contributed by atoms with Gasteiger partial charge in [0.05, 0.1) is 22.9 Å². The number of carbonyl (C=O) groups excluding carboxylic acids is 3. The van der Waals surface area contributed by atoms with Gasteiger partial charge in [0.25, 0.3) is 0 Å². The van der Waals surface area contributed by atoms with Gasteiger partial charge in [-0.25, -0.2) is 4.98 Å². The molecule has 1 aromatic carbocycles. The quantitative estimate of drug-likeness (QED) is 0.839. The van der Waals surface area contributed by atoms with E-state index in [9.17, 15) is 14.4 Å². The Balaban J connectivity index is 1.45. The maximum absolute atomic E-state index is 12.4. The van der Waals surface area contributed by atoms with Gasteiger partial charge in [-0.2, -0.15) is 0 Å². The van der Waals surface area contributed by atoms with Gasteiger partial charge in [-0.05, 0) is 25.0 Å². The van der Waals surface area contributed by atoms with E-state index in [0.717, 1.165) is 41.6 Å². The third-order valence-corrected chi connectivity index (χ3v) is 4.88. The fourth-order valence-electron chi connectivity index (χ4n) is 3.71. The summed E-state index contributed by atoms with van der Waals surface area (Å²) in [5.41, 5.74) is 1.55. The minimum absolute atomic E-state index is 0.204. The van der Waals surface area contributed by atoms with E-state index in [-0.39, 0.29) is 30.2 Å². The lowest BCUT2D eigenvalue weighted by Gasteiger charge is -2.19. The first-order chi connectivity index (χ1) is 11.6. The number of H-pyrrole nitrogens is 1. The smallest absolute Gasteiger partial charge is 0.246 e. The number of nitrogens with zero attached hydrogens (tertiary/aromatic N) is 2. The highest BCUT2D eigenvalue weighted by Gasteiger charge is 2.48. The maximum Gasteiger partial charge on any atom is 0.246 e. The molecule has 0 spiro atoms. The topological polar surface area (TPSA) is 95.2 Å². The predicted molar refractivity (Wildman–Crippen MR) is 86.9 cm³/mol. The minimum atomic E-state index is -0.422. The summed E-state index contributed by atoms with van der Waals surface area (Å²) in [5, 5.41) is 2.63. The first-order valence-electron chi connectivity index (χ1n) is 8.23. The minimum Gasteiger partial charge on any atom is -0.324 e. The van der Waals surface area contributed by atoms with Crippen LogP contribution in [0.3, 0.4) is 0 Å². The van der Waals surface area contributed by atoms with Crippen molar-refractivity contribution in [2.24, 2.45) is 11.8 Å². The maximum atomic E-state index is 12.4. The highest BCUT2D eigenvalue weighted by molar-refractivity contribution is 6.08. The molecule has 1 saturated carbocycles. The van der Waals surface area contributed by atoms with E-state index >= 15 is 0 Å². The summed E-state index contributed by atoms with van der Waals surface area (Å²) < 4.78 is 0. The fourth-order valence-corrected chi connectivity index (χ4v) is 3.71. The molecule has 24 heavy (non-hydrogen) atoms. The van der Waals surface area contributed by atoms with Crippen molar-refractivity contribution < 1.29 is 14.4 Å². The van der Waals surface area contributed by atoms with Crippen LogP contribution in [0.15, 0.2) is 24.3 Å². The Labute approximate surface area is 138 Å². The summed E-state index contributed by atoms with van der Waals surface area (Å²) in [5.74, 6) is -0.975. The number of hydrogen-bond acceptors (Lipinski definition) is 4. The third kappa shape index (κ3) is 2.46. The number of aromatic nitrogens is 2. The van der Waals surface area contributed by atoms with Crippen LogP contribution in [0.1, 0.15) is 25.7 Å². The number of likely N-dealkylation sites (tertiary alicyclic amines) is 1. The van der Waals surface area contributed by atoms with E-state index in [2.05, 4.69) is 15.3 Å². The number of anilines is 1. The van der Waals surface area contributed by atoms with E-state index in [1.807, 2.05) is 24.3 Å². The van der Waals surface area contributed by atoms with E-state index in [4.69, 9.17) is 0 Å². The number of imidazole rings is 1. The Bertz CT molecular complexity index is 771. The molecule has 1 saturated heterocycles. The number of amides is 3. The van der Waals surface area contributed by atoms with Crippen LogP contribution >= 0.6 is 0 Å². The summed E-state index contributed by atoms with van der Waals surface area (Å²) >= 11 is 0. The van der Waals surface area contributed by atoms with Gasteiger partial charge < -0.3 is 4.98 Å². The summed E-state index contributed by atoms with van der Waals surface area (Å²) in [7, 11) is 0. The average molecular weight is 326 g/mol. The van der Waals surface area contributed by atoms with Crippen LogP contribution in [0, 0.1) is 11.8 Å². The molecule has 1 aromatic heterocycles. The van der Waals surface area contributed by atoms with Gasteiger partial charge in [0, 0.05) is 0 Å². The molecular weight excluding hydrogens is 308 g/mol. The van der Waals surface area contributed by atoms with Crippen molar-refractivity contribution in [2.75, 3.05) is 11.9 Å². The SMILES string of the molecule is O=C(CN1C(=O)C2CCCCC2C1=O)Nc1nc2ccccc2[nH]1. The molecule has 2 aromatic rings. The molecule has 7 heteroatoms. The molecule has 2 heterocycles. The number of nitrogens with one attached hydrogen (secondary N) is 2. The number of imide groups is 1. The average Bonchev–Trinajstić information content (AvgIpc) is 3.09. The number of rotatable bonds is 3. The molecular formula is C17H18N4O3. The lowest BCUT2D eigenvalue weighted by molar-refractivity contribution is -0.142. The van der Waals surface area contributed by atoms with E-state index in [0.29, 0.717) is 5.95 Å². The lowest BCUT2D eigenvalue weighted by Crippen LogP contribution is -2.38. The zero-order valence-electron chi connectivity index (χ0n) is 13.1.